The molecule has 3 aromatic heterocycles. The third kappa shape index (κ3) is 5.76. The first kappa shape index (κ1) is 27.5. The Kier molecular flexibility index (Phi) is 7.38. The van der Waals surface area contributed by atoms with Crippen LogP contribution in [-0.2, 0) is 25.1 Å². The molecule has 3 aliphatic rings. The highest BCUT2D eigenvalue weighted by Crippen LogP contribution is 2.38. The fourth-order valence-corrected chi connectivity index (χ4v) is 4.98. The van der Waals surface area contributed by atoms with E-state index in [1.807, 2.05) is 22.7 Å². The van der Waals surface area contributed by atoms with E-state index in [4.69, 9.17) is 23.9 Å². The number of aromatic nitrogens is 5. The normalized spacial score (nSPS) is 21.8. The summed E-state index contributed by atoms with van der Waals surface area (Å²) in [5.41, 5.74) is 0.363. The van der Waals surface area contributed by atoms with Gasteiger partial charge < -0.3 is 23.8 Å². The van der Waals surface area contributed by atoms with Crippen LogP contribution in [0, 0.1) is 0 Å². The summed E-state index contributed by atoms with van der Waals surface area (Å²) in [5, 5.41) is 4.48. The number of ether oxygens (including phenoxy) is 4. The number of halogens is 3. The number of rotatable bonds is 7. The summed E-state index contributed by atoms with van der Waals surface area (Å²) in [6.07, 6.45) is 0.873. The molecule has 5 heterocycles. The van der Waals surface area contributed by atoms with Crippen molar-refractivity contribution >= 4 is 11.9 Å². The fraction of sp³-hybridized carbons (Fsp3) is 0.519. The van der Waals surface area contributed by atoms with Crippen molar-refractivity contribution in [1.29, 1.82) is 0 Å². The Balaban J connectivity index is 1.43. The SMILES string of the molecule is CCOC(=O)c1nc(N2C[C@@H](C)O[C@@H](c3cnn(C4CC4)c3)C2)nc(-c2ccc(C(F)(F)F)nc2)c1C1OCCO1. The molecular weight excluding hydrogens is 545 g/mol. The van der Waals surface area contributed by atoms with Crippen molar-refractivity contribution in [3.63, 3.8) is 0 Å². The zero-order valence-electron chi connectivity index (χ0n) is 22.5. The molecule has 0 N–H and O–H groups in total. The van der Waals surface area contributed by atoms with Gasteiger partial charge in [-0.1, -0.05) is 0 Å². The van der Waals surface area contributed by atoms with Crippen LogP contribution < -0.4 is 4.90 Å². The van der Waals surface area contributed by atoms with E-state index < -0.39 is 24.1 Å². The van der Waals surface area contributed by atoms with Crippen LogP contribution in [0.1, 0.15) is 72.4 Å². The Morgan fingerprint density at radius 3 is 2.56 bits per heavy atom. The topological polar surface area (TPSA) is 114 Å². The molecule has 0 bridgehead atoms. The van der Waals surface area contributed by atoms with Gasteiger partial charge >= 0.3 is 12.1 Å². The molecule has 2 aliphatic heterocycles. The van der Waals surface area contributed by atoms with Crippen molar-refractivity contribution in [2.75, 3.05) is 37.8 Å². The highest BCUT2D eigenvalue weighted by Gasteiger charge is 2.36. The van der Waals surface area contributed by atoms with Gasteiger partial charge in [0.05, 0.1) is 56.0 Å². The molecule has 1 aliphatic carbocycles. The van der Waals surface area contributed by atoms with Crippen LogP contribution >= 0.6 is 0 Å². The maximum absolute atomic E-state index is 13.3. The average Bonchev–Trinajstić information content (AvgIpc) is 3.42. The van der Waals surface area contributed by atoms with Crippen LogP contribution in [0.4, 0.5) is 19.1 Å². The van der Waals surface area contributed by atoms with Crippen molar-refractivity contribution in [2.24, 2.45) is 0 Å². The number of pyridine rings is 1. The number of hydrogen-bond donors (Lipinski definition) is 0. The molecule has 1 saturated carbocycles. The summed E-state index contributed by atoms with van der Waals surface area (Å²) in [6, 6.07) is 2.54. The van der Waals surface area contributed by atoms with Gasteiger partial charge in [0.1, 0.15) is 11.8 Å². The third-order valence-electron chi connectivity index (χ3n) is 7.04. The maximum Gasteiger partial charge on any atom is 0.433 e. The van der Waals surface area contributed by atoms with Gasteiger partial charge in [-0.05, 0) is 38.8 Å². The van der Waals surface area contributed by atoms with E-state index in [0.29, 0.717) is 19.1 Å². The molecule has 14 heteroatoms. The van der Waals surface area contributed by atoms with Gasteiger partial charge in [0, 0.05) is 30.1 Å². The lowest BCUT2D eigenvalue weighted by atomic mass is 10.0. The zero-order valence-corrected chi connectivity index (χ0v) is 22.5. The van der Waals surface area contributed by atoms with Crippen molar-refractivity contribution in [1.82, 2.24) is 24.7 Å². The smallest absolute Gasteiger partial charge is 0.433 e. The lowest BCUT2D eigenvalue weighted by Gasteiger charge is -2.37. The van der Waals surface area contributed by atoms with E-state index in [0.717, 1.165) is 30.7 Å². The number of nitrogens with zero attached hydrogens (tertiary/aromatic N) is 6. The van der Waals surface area contributed by atoms with Gasteiger partial charge in [-0.25, -0.2) is 14.8 Å². The molecule has 218 valence electrons. The van der Waals surface area contributed by atoms with Crippen molar-refractivity contribution in [2.45, 2.75) is 57.4 Å². The van der Waals surface area contributed by atoms with Gasteiger partial charge in [0.15, 0.2) is 12.0 Å². The zero-order chi connectivity index (χ0) is 28.7. The first-order valence-electron chi connectivity index (χ1n) is 13.5. The van der Waals surface area contributed by atoms with Crippen LogP contribution in [0.3, 0.4) is 0 Å². The molecule has 3 fully saturated rings. The number of carbonyl (C=O) groups is 1. The lowest BCUT2D eigenvalue weighted by molar-refractivity contribution is -0.141. The molecule has 3 aromatic rings. The van der Waals surface area contributed by atoms with E-state index in [2.05, 4.69) is 15.1 Å². The second-order valence-corrected chi connectivity index (χ2v) is 10.2. The van der Waals surface area contributed by atoms with Crippen molar-refractivity contribution < 1.29 is 36.9 Å². The second-order valence-electron chi connectivity index (χ2n) is 10.2. The van der Waals surface area contributed by atoms with Crippen LogP contribution in [0.5, 0.6) is 0 Å². The molecule has 2 atom stereocenters. The highest BCUT2D eigenvalue weighted by molar-refractivity contribution is 5.91. The van der Waals surface area contributed by atoms with E-state index in [1.165, 1.54) is 6.07 Å². The Labute approximate surface area is 233 Å². The molecule has 0 spiro atoms. The highest BCUT2D eigenvalue weighted by atomic mass is 19.4. The number of esters is 1. The Morgan fingerprint density at radius 2 is 1.90 bits per heavy atom. The number of alkyl halides is 3. The summed E-state index contributed by atoms with van der Waals surface area (Å²) >= 11 is 0. The third-order valence-corrected chi connectivity index (χ3v) is 7.04. The summed E-state index contributed by atoms with van der Waals surface area (Å²) in [7, 11) is 0. The van der Waals surface area contributed by atoms with Gasteiger partial charge in [0.25, 0.3) is 0 Å². The Morgan fingerprint density at radius 1 is 1.12 bits per heavy atom. The molecule has 41 heavy (non-hydrogen) atoms. The van der Waals surface area contributed by atoms with Crippen molar-refractivity contribution in [3.8, 4) is 11.3 Å². The minimum absolute atomic E-state index is 0.0861. The van der Waals surface area contributed by atoms with E-state index in [9.17, 15) is 18.0 Å². The predicted octanol–water partition coefficient (Wildman–Crippen LogP) is 4.28. The van der Waals surface area contributed by atoms with E-state index >= 15 is 0 Å². The number of carbonyl (C=O) groups excluding carboxylic acids is 1. The second kappa shape index (κ2) is 11.0. The predicted molar refractivity (Wildman–Crippen MR) is 137 cm³/mol. The first-order chi connectivity index (χ1) is 19.7. The number of morpholine rings is 1. The molecule has 11 nitrogen and oxygen atoms in total. The van der Waals surface area contributed by atoms with Gasteiger partial charge in [0.2, 0.25) is 5.95 Å². The number of anilines is 1. The summed E-state index contributed by atoms with van der Waals surface area (Å²) in [4.78, 5) is 28.1. The standard InChI is InChI=1S/C27H29F3N6O5/c1-3-38-24(37)23-21(25-39-8-9-40-25)22(16-4-7-20(31-10-16)27(28,29)30)33-26(34-23)35-12-15(2)41-19(14-35)17-11-32-36(13-17)18-5-6-18/h4,7,10-11,13,15,18-19,25H,3,5-6,8-9,12,14H2,1-2H3/t15-,19-/m1/s1. The lowest BCUT2D eigenvalue weighted by Crippen LogP contribution is -2.44. The molecule has 0 unspecified atom stereocenters. The van der Waals surface area contributed by atoms with E-state index in [1.54, 1.807) is 13.1 Å². The molecule has 0 radical (unpaired) electrons. The van der Waals surface area contributed by atoms with Gasteiger partial charge in [-0.15, -0.1) is 0 Å². The monoisotopic (exact) mass is 574 g/mol. The largest absolute Gasteiger partial charge is 0.461 e. The van der Waals surface area contributed by atoms with Gasteiger partial charge in [-0.3, -0.25) is 9.67 Å². The Bertz CT molecular complexity index is 1410. The van der Waals surface area contributed by atoms with Crippen LogP contribution in [-0.4, -0.2) is 69.7 Å². The first-order valence-corrected chi connectivity index (χ1v) is 13.5. The van der Waals surface area contributed by atoms with Gasteiger partial charge in [-0.2, -0.15) is 18.3 Å². The van der Waals surface area contributed by atoms with Crippen LogP contribution in [0.25, 0.3) is 11.3 Å². The van der Waals surface area contributed by atoms with Crippen molar-refractivity contribution in [3.05, 3.63) is 53.2 Å². The molecule has 0 amide bonds. The molecular formula is C27H29F3N6O5. The minimum atomic E-state index is -4.61. The van der Waals surface area contributed by atoms with Crippen LogP contribution in [0.15, 0.2) is 30.7 Å². The molecule has 2 saturated heterocycles. The Hall–Kier alpha value is -3.62. The molecule has 6 rings (SSSR count). The fourth-order valence-electron chi connectivity index (χ4n) is 4.98. The molecule has 0 aromatic carbocycles. The minimum Gasteiger partial charge on any atom is -0.461 e. The van der Waals surface area contributed by atoms with Crippen LogP contribution in [0.2, 0.25) is 0 Å². The maximum atomic E-state index is 13.3. The van der Waals surface area contributed by atoms with E-state index in [-0.39, 0.29) is 60.5 Å². The summed E-state index contributed by atoms with van der Waals surface area (Å²) in [6.45, 7) is 4.97. The number of hydrogen-bond acceptors (Lipinski definition) is 10. The summed E-state index contributed by atoms with van der Waals surface area (Å²) < 4.78 is 64.6. The summed E-state index contributed by atoms with van der Waals surface area (Å²) in [5.74, 6) is -0.533. The quantitative estimate of drug-likeness (QED) is 0.379. The average molecular weight is 575 g/mol.